The van der Waals surface area contributed by atoms with E-state index in [9.17, 15) is 4.79 Å². The monoisotopic (exact) mass is 279 g/mol. The maximum absolute atomic E-state index is 11.9. The maximum atomic E-state index is 11.9. The summed E-state index contributed by atoms with van der Waals surface area (Å²) in [5, 5.41) is 10.3. The van der Waals surface area contributed by atoms with Crippen molar-refractivity contribution in [3.63, 3.8) is 0 Å². The fraction of sp³-hybridized carbons (Fsp3) is 0.500. The number of hydrogen-bond donors (Lipinski definition) is 2. The van der Waals surface area contributed by atoms with E-state index in [1.54, 1.807) is 11.3 Å². The van der Waals surface area contributed by atoms with E-state index in [1.807, 2.05) is 20.0 Å². The van der Waals surface area contributed by atoms with Crippen molar-refractivity contribution in [1.29, 1.82) is 0 Å². The van der Waals surface area contributed by atoms with Crippen molar-refractivity contribution >= 4 is 17.2 Å². The van der Waals surface area contributed by atoms with Crippen LogP contribution in [0.2, 0.25) is 0 Å². The molecule has 0 bridgehead atoms. The van der Waals surface area contributed by atoms with Gasteiger partial charge in [-0.15, -0.1) is 16.4 Å². The number of aromatic nitrogens is 4. The van der Waals surface area contributed by atoms with E-state index in [0.29, 0.717) is 12.4 Å². The average Bonchev–Trinajstić information content (AvgIpc) is 3.04. The van der Waals surface area contributed by atoms with Crippen LogP contribution in [0.1, 0.15) is 53.0 Å². The van der Waals surface area contributed by atoms with Gasteiger partial charge in [-0.25, -0.2) is 9.97 Å². The van der Waals surface area contributed by atoms with Gasteiger partial charge >= 0.3 is 0 Å². The van der Waals surface area contributed by atoms with Crippen LogP contribution in [0.4, 0.5) is 0 Å². The minimum Gasteiger partial charge on any atom is -0.343 e. The first-order chi connectivity index (χ1) is 9.10. The molecule has 2 heterocycles. The summed E-state index contributed by atoms with van der Waals surface area (Å²) in [6, 6.07) is 0. The maximum Gasteiger partial charge on any atom is 0.291 e. The van der Waals surface area contributed by atoms with E-state index in [0.717, 1.165) is 11.4 Å². The summed E-state index contributed by atoms with van der Waals surface area (Å²) < 4.78 is 0. The van der Waals surface area contributed by atoms with Gasteiger partial charge < -0.3 is 5.32 Å². The Morgan fingerprint density at radius 2 is 2.32 bits per heavy atom. The normalized spacial score (nSPS) is 10.9. The topological polar surface area (TPSA) is 83.6 Å². The van der Waals surface area contributed by atoms with Crippen LogP contribution in [0.15, 0.2) is 6.20 Å². The van der Waals surface area contributed by atoms with Crippen LogP contribution in [0.3, 0.4) is 0 Å². The SMILES string of the molecule is CCc1cnc(CNC(=O)c2n[nH]c(C(C)C)n2)s1. The second-order valence-corrected chi connectivity index (χ2v) is 5.66. The standard InChI is InChI=1S/C12H17N5OS/c1-4-8-5-13-9(19-8)6-14-12(18)11-15-10(7(2)3)16-17-11/h5,7H,4,6H2,1-3H3,(H,14,18)(H,15,16,17). The molecule has 0 atom stereocenters. The van der Waals surface area contributed by atoms with Gasteiger partial charge in [0.25, 0.3) is 5.91 Å². The Morgan fingerprint density at radius 3 is 2.89 bits per heavy atom. The number of carbonyl (C=O) groups is 1. The first-order valence-corrected chi connectivity index (χ1v) is 7.05. The molecular weight excluding hydrogens is 262 g/mol. The highest BCUT2D eigenvalue weighted by atomic mass is 32.1. The van der Waals surface area contributed by atoms with Crippen LogP contribution in [0.25, 0.3) is 0 Å². The van der Waals surface area contributed by atoms with Crippen molar-refractivity contribution in [2.75, 3.05) is 0 Å². The second-order valence-electron chi connectivity index (χ2n) is 4.46. The van der Waals surface area contributed by atoms with Crippen LogP contribution >= 0.6 is 11.3 Å². The molecule has 0 spiro atoms. The molecule has 102 valence electrons. The molecule has 0 unspecified atom stereocenters. The van der Waals surface area contributed by atoms with Gasteiger partial charge in [0, 0.05) is 17.0 Å². The van der Waals surface area contributed by atoms with Gasteiger partial charge in [0.1, 0.15) is 10.8 Å². The van der Waals surface area contributed by atoms with Gasteiger partial charge in [-0.05, 0) is 6.42 Å². The first-order valence-electron chi connectivity index (χ1n) is 6.24. The number of carbonyl (C=O) groups excluding carboxylic acids is 1. The Morgan fingerprint density at radius 1 is 1.53 bits per heavy atom. The van der Waals surface area contributed by atoms with Gasteiger partial charge in [-0.3, -0.25) is 9.89 Å². The van der Waals surface area contributed by atoms with E-state index in [1.165, 1.54) is 4.88 Å². The highest BCUT2D eigenvalue weighted by Crippen LogP contribution is 2.13. The molecule has 6 nitrogen and oxygen atoms in total. The van der Waals surface area contributed by atoms with Gasteiger partial charge in [0.05, 0.1) is 6.54 Å². The zero-order chi connectivity index (χ0) is 13.8. The predicted octanol–water partition coefficient (Wildman–Crippen LogP) is 1.88. The molecule has 0 aromatic carbocycles. The Balaban J connectivity index is 1.93. The van der Waals surface area contributed by atoms with Crippen molar-refractivity contribution in [1.82, 2.24) is 25.5 Å². The average molecular weight is 279 g/mol. The minimum absolute atomic E-state index is 0.177. The van der Waals surface area contributed by atoms with Gasteiger partial charge in [0.2, 0.25) is 5.82 Å². The molecule has 0 fully saturated rings. The number of rotatable bonds is 5. The van der Waals surface area contributed by atoms with Crippen molar-refractivity contribution < 1.29 is 4.79 Å². The van der Waals surface area contributed by atoms with E-state index >= 15 is 0 Å². The zero-order valence-corrected chi connectivity index (χ0v) is 12.0. The van der Waals surface area contributed by atoms with Crippen LogP contribution < -0.4 is 5.32 Å². The highest BCUT2D eigenvalue weighted by molar-refractivity contribution is 7.11. The number of amides is 1. The summed E-state index contributed by atoms with van der Waals surface area (Å²) in [7, 11) is 0. The number of hydrogen-bond acceptors (Lipinski definition) is 5. The number of H-pyrrole nitrogens is 1. The molecule has 7 heteroatoms. The molecule has 0 aliphatic rings. The summed E-state index contributed by atoms with van der Waals surface area (Å²) in [6.07, 6.45) is 2.81. The fourth-order valence-electron chi connectivity index (χ4n) is 1.46. The molecule has 1 amide bonds. The molecule has 2 aromatic rings. The zero-order valence-electron chi connectivity index (χ0n) is 11.2. The summed E-state index contributed by atoms with van der Waals surface area (Å²) in [5.74, 6) is 0.833. The first kappa shape index (κ1) is 13.7. The lowest BCUT2D eigenvalue weighted by Crippen LogP contribution is -2.24. The molecule has 0 saturated heterocycles. The third-order valence-electron chi connectivity index (χ3n) is 2.60. The van der Waals surface area contributed by atoms with E-state index < -0.39 is 0 Å². The summed E-state index contributed by atoms with van der Waals surface area (Å²) in [6.45, 7) is 6.47. The lowest BCUT2D eigenvalue weighted by Gasteiger charge is -1.98. The largest absolute Gasteiger partial charge is 0.343 e. The number of aromatic amines is 1. The van der Waals surface area contributed by atoms with Crippen molar-refractivity contribution in [3.8, 4) is 0 Å². The highest BCUT2D eigenvalue weighted by Gasteiger charge is 2.14. The summed E-state index contributed by atoms with van der Waals surface area (Å²) in [4.78, 5) is 21.5. The van der Waals surface area contributed by atoms with Crippen molar-refractivity contribution in [2.45, 2.75) is 39.7 Å². The number of thiazole rings is 1. The van der Waals surface area contributed by atoms with Crippen molar-refractivity contribution in [2.24, 2.45) is 0 Å². The summed E-state index contributed by atoms with van der Waals surface area (Å²) >= 11 is 1.61. The summed E-state index contributed by atoms with van der Waals surface area (Å²) in [5.41, 5.74) is 0. The van der Waals surface area contributed by atoms with Crippen LogP contribution in [0.5, 0.6) is 0 Å². The lowest BCUT2D eigenvalue weighted by atomic mass is 10.2. The molecule has 0 aliphatic heterocycles. The molecule has 2 aromatic heterocycles. The molecular formula is C12H17N5OS. The number of nitrogens with one attached hydrogen (secondary N) is 2. The molecule has 2 N–H and O–H groups in total. The third-order valence-corrected chi connectivity index (χ3v) is 3.74. The smallest absolute Gasteiger partial charge is 0.291 e. The van der Waals surface area contributed by atoms with Crippen molar-refractivity contribution in [3.05, 3.63) is 27.7 Å². The van der Waals surface area contributed by atoms with Crippen LogP contribution in [-0.2, 0) is 13.0 Å². The Hall–Kier alpha value is -1.76. The van der Waals surface area contributed by atoms with Gasteiger partial charge in [-0.2, -0.15) is 0 Å². The number of nitrogens with zero attached hydrogens (tertiary/aromatic N) is 3. The minimum atomic E-state index is -0.281. The Bertz CT molecular complexity index is 560. The molecule has 19 heavy (non-hydrogen) atoms. The van der Waals surface area contributed by atoms with E-state index in [-0.39, 0.29) is 17.6 Å². The molecule has 0 saturated carbocycles. The fourth-order valence-corrected chi connectivity index (χ4v) is 2.26. The molecule has 2 rings (SSSR count). The van der Waals surface area contributed by atoms with Gasteiger partial charge in [0.15, 0.2) is 0 Å². The lowest BCUT2D eigenvalue weighted by molar-refractivity contribution is 0.0941. The molecule has 0 aliphatic carbocycles. The number of aryl methyl sites for hydroxylation is 1. The second kappa shape index (κ2) is 5.92. The van der Waals surface area contributed by atoms with Gasteiger partial charge in [-0.1, -0.05) is 20.8 Å². The Labute approximate surface area is 115 Å². The van der Waals surface area contributed by atoms with Crippen LogP contribution in [-0.4, -0.2) is 26.1 Å². The third kappa shape index (κ3) is 3.37. The quantitative estimate of drug-likeness (QED) is 0.875. The Kier molecular flexibility index (Phi) is 4.26. The molecule has 0 radical (unpaired) electrons. The van der Waals surface area contributed by atoms with E-state index in [4.69, 9.17) is 0 Å². The predicted molar refractivity (Wildman–Crippen MR) is 73.1 cm³/mol. The van der Waals surface area contributed by atoms with E-state index in [2.05, 4.69) is 32.4 Å². The van der Waals surface area contributed by atoms with Crippen LogP contribution in [0, 0.1) is 0 Å².